The molecule has 6 heteroatoms. The Morgan fingerprint density at radius 2 is 2.15 bits per heavy atom. The van der Waals surface area contributed by atoms with Crippen molar-refractivity contribution in [1.29, 1.82) is 0 Å². The number of nitrogens with one attached hydrogen (secondary N) is 1. The lowest BCUT2D eigenvalue weighted by atomic mass is 9.95. The monoisotopic (exact) mass is 382 g/mol. The van der Waals surface area contributed by atoms with Gasteiger partial charge in [0.05, 0.1) is 6.54 Å². The summed E-state index contributed by atoms with van der Waals surface area (Å²) in [5, 5.41) is 6.39. The Balaban J connectivity index is 1.25. The molecule has 0 unspecified atom stereocenters. The number of hydrogen-bond donors (Lipinski definition) is 1. The number of likely N-dealkylation sites (tertiary alicyclic amines) is 1. The molecule has 1 fully saturated rings. The highest BCUT2D eigenvalue weighted by Gasteiger charge is 2.24. The maximum atomic E-state index is 12.4. The molecule has 4 heterocycles. The van der Waals surface area contributed by atoms with Crippen molar-refractivity contribution >= 4 is 28.3 Å². The van der Waals surface area contributed by atoms with E-state index in [-0.39, 0.29) is 11.8 Å². The summed E-state index contributed by atoms with van der Waals surface area (Å²) >= 11 is 1.69. The van der Waals surface area contributed by atoms with E-state index in [9.17, 15) is 4.79 Å². The first-order valence-electron chi connectivity index (χ1n) is 9.62. The van der Waals surface area contributed by atoms with Crippen LogP contribution >= 0.6 is 11.3 Å². The fourth-order valence-electron chi connectivity index (χ4n) is 3.92. The van der Waals surface area contributed by atoms with Gasteiger partial charge in [-0.25, -0.2) is 4.98 Å². The van der Waals surface area contributed by atoms with Crippen LogP contribution in [0.2, 0.25) is 0 Å². The molecular formula is C21H26N4OS. The van der Waals surface area contributed by atoms with Gasteiger partial charge in [-0.3, -0.25) is 4.79 Å². The number of rotatable bonds is 6. The number of fused-ring (bicyclic) bond motifs is 1. The zero-order chi connectivity index (χ0) is 18.6. The van der Waals surface area contributed by atoms with E-state index in [1.807, 2.05) is 23.7 Å². The van der Waals surface area contributed by atoms with Crippen molar-refractivity contribution in [3.63, 3.8) is 0 Å². The minimum atomic E-state index is 0.156. The lowest BCUT2D eigenvalue weighted by Gasteiger charge is -2.31. The Kier molecular flexibility index (Phi) is 5.55. The molecule has 1 amide bonds. The molecule has 4 rings (SSSR count). The summed E-state index contributed by atoms with van der Waals surface area (Å²) in [5.74, 6) is 0.367. The summed E-state index contributed by atoms with van der Waals surface area (Å²) in [5.41, 5.74) is 2.41. The summed E-state index contributed by atoms with van der Waals surface area (Å²) in [6.07, 6.45) is 6.97. The maximum absolute atomic E-state index is 12.4. The number of piperidine rings is 1. The van der Waals surface area contributed by atoms with Crippen LogP contribution in [0.4, 0.5) is 0 Å². The normalized spacial score (nSPS) is 16.0. The van der Waals surface area contributed by atoms with E-state index in [1.54, 1.807) is 11.3 Å². The first-order chi connectivity index (χ1) is 13.2. The van der Waals surface area contributed by atoms with Gasteiger partial charge in [0.25, 0.3) is 0 Å². The number of amides is 1. The highest BCUT2D eigenvalue weighted by atomic mass is 32.1. The van der Waals surface area contributed by atoms with Gasteiger partial charge < -0.3 is 14.8 Å². The molecular weight excluding hydrogens is 356 g/mol. The molecule has 3 aromatic heterocycles. The summed E-state index contributed by atoms with van der Waals surface area (Å²) < 4.78 is 2.11. The second-order valence-corrected chi connectivity index (χ2v) is 8.34. The maximum Gasteiger partial charge on any atom is 0.223 e. The molecule has 1 saturated heterocycles. The van der Waals surface area contributed by atoms with Crippen LogP contribution in [0, 0.1) is 5.92 Å². The molecule has 0 bridgehead atoms. The smallest absolute Gasteiger partial charge is 0.223 e. The van der Waals surface area contributed by atoms with Crippen LogP contribution in [0.1, 0.15) is 23.3 Å². The molecule has 3 aromatic rings. The summed E-state index contributed by atoms with van der Waals surface area (Å²) in [4.78, 5) is 20.6. The van der Waals surface area contributed by atoms with E-state index < -0.39 is 0 Å². The number of aromatic nitrogens is 2. The predicted octanol–water partition coefficient (Wildman–Crippen LogP) is 3.21. The fraction of sp³-hybridized carbons (Fsp3) is 0.429. The highest BCUT2D eigenvalue weighted by Crippen LogP contribution is 2.21. The van der Waals surface area contributed by atoms with Gasteiger partial charge in [-0.05, 0) is 61.5 Å². The number of carbonyl (C=O) groups excluding carboxylic acids is 1. The molecule has 142 valence electrons. The van der Waals surface area contributed by atoms with Crippen molar-refractivity contribution < 1.29 is 4.79 Å². The quantitative estimate of drug-likeness (QED) is 0.712. The lowest BCUT2D eigenvalue weighted by molar-refractivity contribution is -0.126. The Labute approximate surface area is 164 Å². The first kappa shape index (κ1) is 18.2. The number of thiophene rings is 1. The molecule has 1 N–H and O–H groups in total. The van der Waals surface area contributed by atoms with Crippen LogP contribution in [0.3, 0.4) is 0 Å². The van der Waals surface area contributed by atoms with Crippen molar-refractivity contribution in [2.45, 2.75) is 25.8 Å². The van der Waals surface area contributed by atoms with E-state index >= 15 is 0 Å². The largest absolute Gasteiger partial charge is 0.351 e. The standard InChI is InChI=1S/C21H26N4OS/c1-24-15-17(19-5-2-9-22-20(19)24)8-12-25-10-6-16(7-11-25)21(26)23-14-18-4-3-13-27-18/h2-5,9,13,15-16H,6-8,10-12,14H2,1H3,(H,23,26). The minimum Gasteiger partial charge on any atom is -0.351 e. The predicted molar refractivity (Wildman–Crippen MR) is 110 cm³/mol. The van der Waals surface area contributed by atoms with Crippen LogP contribution < -0.4 is 5.32 Å². The van der Waals surface area contributed by atoms with Crippen LogP contribution in [0.5, 0.6) is 0 Å². The number of carbonyl (C=O) groups is 1. The minimum absolute atomic E-state index is 0.156. The number of hydrogen-bond acceptors (Lipinski definition) is 4. The van der Waals surface area contributed by atoms with Crippen molar-refractivity contribution in [1.82, 2.24) is 19.8 Å². The number of pyridine rings is 1. The summed E-state index contributed by atoms with van der Waals surface area (Å²) in [7, 11) is 2.05. The van der Waals surface area contributed by atoms with E-state index in [0.29, 0.717) is 6.54 Å². The highest BCUT2D eigenvalue weighted by molar-refractivity contribution is 7.09. The first-order valence-corrected chi connectivity index (χ1v) is 10.5. The molecule has 0 atom stereocenters. The van der Waals surface area contributed by atoms with Crippen LogP contribution in [0.15, 0.2) is 42.0 Å². The molecule has 0 aliphatic carbocycles. The van der Waals surface area contributed by atoms with Gasteiger partial charge in [-0.15, -0.1) is 11.3 Å². The second-order valence-electron chi connectivity index (χ2n) is 7.30. The van der Waals surface area contributed by atoms with Crippen molar-refractivity contribution in [2.24, 2.45) is 13.0 Å². The third-order valence-electron chi connectivity index (χ3n) is 5.49. The Hall–Kier alpha value is -2.18. The van der Waals surface area contributed by atoms with Gasteiger partial charge in [0.1, 0.15) is 5.65 Å². The molecule has 1 aliphatic heterocycles. The van der Waals surface area contributed by atoms with E-state index in [0.717, 1.165) is 44.5 Å². The molecule has 27 heavy (non-hydrogen) atoms. The number of nitrogens with zero attached hydrogens (tertiary/aromatic N) is 3. The SMILES string of the molecule is Cn1cc(CCN2CCC(C(=O)NCc3cccs3)CC2)c2cccnc21. The third kappa shape index (κ3) is 4.22. The molecule has 0 radical (unpaired) electrons. The van der Waals surface area contributed by atoms with Crippen LogP contribution in [0.25, 0.3) is 11.0 Å². The molecule has 0 spiro atoms. The summed E-state index contributed by atoms with van der Waals surface area (Å²) in [6, 6.07) is 8.25. The average molecular weight is 383 g/mol. The topological polar surface area (TPSA) is 50.2 Å². The van der Waals surface area contributed by atoms with Gasteiger partial charge in [0.2, 0.25) is 5.91 Å². The van der Waals surface area contributed by atoms with Gasteiger partial charge in [0, 0.05) is 42.2 Å². The Bertz CT molecular complexity index is 894. The lowest BCUT2D eigenvalue weighted by Crippen LogP contribution is -2.40. The molecule has 0 saturated carbocycles. The van der Waals surface area contributed by atoms with E-state index in [2.05, 4.69) is 45.1 Å². The van der Waals surface area contributed by atoms with Gasteiger partial charge in [-0.1, -0.05) is 6.07 Å². The zero-order valence-electron chi connectivity index (χ0n) is 15.7. The Morgan fingerprint density at radius 3 is 2.93 bits per heavy atom. The zero-order valence-corrected chi connectivity index (χ0v) is 16.5. The fourth-order valence-corrected chi connectivity index (χ4v) is 4.57. The van der Waals surface area contributed by atoms with E-state index in [4.69, 9.17) is 0 Å². The number of aryl methyl sites for hydroxylation is 1. The van der Waals surface area contributed by atoms with Crippen molar-refractivity contribution in [2.75, 3.05) is 19.6 Å². The van der Waals surface area contributed by atoms with Gasteiger partial charge >= 0.3 is 0 Å². The summed E-state index contributed by atoms with van der Waals surface area (Å²) in [6.45, 7) is 3.70. The van der Waals surface area contributed by atoms with Gasteiger partial charge in [-0.2, -0.15) is 0 Å². The average Bonchev–Trinajstić information content (AvgIpc) is 3.33. The molecule has 0 aromatic carbocycles. The molecule has 1 aliphatic rings. The van der Waals surface area contributed by atoms with E-state index in [1.165, 1.54) is 15.8 Å². The third-order valence-corrected chi connectivity index (χ3v) is 6.37. The van der Waals surface area contributed by atoms with Crippen molar-refractivity contribution in [3.8, 4) is 0 Å². The van der Waals surface area contributed by atoms with Gasteiger partial charge in [0.15, 0.2) is 0 Å². The molecule has 5 nitrogen and oxygen atoms in total. The van der Waals surface area contributed by atoms with Crippen molar-refractivity contribution in [3.05, 3.63) is 52.5 Å². The second kappa shape index (κ2) is 8.23. The van der Waals surface area contributed by atoms with Crippen LogP contribution in [-0.2, 0) is 24.8 Å². The van der Waals surface area contributed by atoms with Crippen LogP contribution in [-0.4, -0.2) is 40.0 Å². The Morgan fingerprint density at radius 1 is 1.30 bits per heavy atom.